The van der Waals surface area contributed by atoms with Crippen molar-refractivity contribution in [3.63, 3.8) is 0 Å². The van der Waals surface area contributed by atoms with Gasteiger partial charge in [0.25, 0.3) is 0 Å². The molecule has 0 bridgehead atoms. The van der Waals surface area contributed by atoms with Crippen molar-refractivity contribution in [2.75, 3.05) is 19.8 Å². The molecule has 1 atom stereocenters. The topological polar surface area (TPSA) is 70.6 Å². The van der Waals surface area contributed by atoms with Crippen molar-refractivity contribution in [2.45, 2.75) is 31.8 Å². The van der Waals surface area contributed by atoms with E-state index in [-0.39, 0.29) is 5.91 Å². The average molecular weight is 311 g/mol. The zero-order valence-electron chi connectivity index (χ0n) is 12.4. The van der Waals surface area contributed by atoms with E-state index < -0.39 is 16.1 Å². The highest BCUT2D eigenvalue weighted by Crippen LogP contribution is 2.21. The van der Waals surface area contributed by atoms with Gasteiger partial charge in [0.05, 0.1) is 6.26 Å². The van der Waals surface area contributed by atoms with Crippen LogP contribution in [-0.2, 0) is 21.4 Å². The van der Waals surface area contributed by atoms with Gasteiger partial charge >= 0.3 is 0 Å². The Balaban J connectivity index is 2.10. The first-order chi connectivity index (χ1) is 9.89. The monoisotopic (exact) mass is 311 g/mol. The Kier molecular flexibility index (Phi) is 4.95. The summed E-state index contributed by atoms with van der Waals surface area (Å²) in [5, 5.41) is 0. The summed E-state index contributed by atoms with van der Waals surface area (Å²) in [6, 6.07) is 3.14. The first-order valence-corrected chi connectivity index (χ1v) is 8.85. The molecule has 1 saturated heterocycles. The highest BCUT2D eigenvalue weighted by atomic mass is 32.2. The van der Waals surface area contributed by atoms with Crippen LogP contribution in [0.15, 0.2) is 24.5 Å². The van der Waals surface area contributed by atoms with E-state index in [0.29, 0.717) is 19.5 Å². The number of hydrogen-bond acceptors (Lipinski definition) is 4. The van der Waals surface area contributed by atoms with Gasteiger partial charge in [0.2, 0.25) is 15.9 Å². The molecule has 0 unspecified atom stereocenters. The lowest BCUT2D eigenvalue weighted by Crippen LogP contribution is -2.51. The molecule has 0 spiro atoms. The number of nitrogens with zero attached hydrogens (tertiary/aromatic N) is 3. The van der Waals surface area contributed by atoms with Crippen molar-refractivity contribution >= 4 is 15.9 Å². The van der Waals surface area contributed by atoms with E-state index in [9.17, 15) is 13.2 Å². The lowest BCUT2D eigenvalue weighted by molar-refractivity contribution is -0.135. The molecule has 1 aromatic rings. The maximum atomic E-state index is 12.6. The molecular formula is C14H21N3O3S. The van der Waals surface area contributed by atoms with E-state index in [1.807, 2.05) is 12.1 Å². The van der Waals surface area contributed by atoms with Gasteiger partial charge in [-0.25, -0.2) is 8.42 Å². The fourth-order valence-corrected chi connectivity index (χ4v) is 3.77. The lowest BCUT2D eigenvalue weighted by atomic mass is 10.0. The average Bonchev–Trinajstić information content (AvgIpc) is 2.46. The van der Waals surface area contributed by atoms with Crippen LogP contribution in [0.1, 0.15) is 24.8 Å². The quantitative estimate of drug-likeness (QED) is 0.827. The fraction of sp³-hybridized carbons (Fsp3) is 0.571. The van der Waals surface area contributed by atoms with Gasteiger partial charge < -0.3 is 4.90 Å². The number of pyridine rings is 1. The summed E-state index contributed by atoms with van der Waals surface area (Å²) >= 11 is 0. The first kappa shape index (κ1) is 15.9. The molecule has 116 valence electrons. The molecule has 0 aliphatic carbocycles. The van der Waals surface area contributed by atoms with Crippen LogP contribution >= 0.6 is 0 Å². The minimum Gasteiger partial charge on any atom is -0.340 e. The van der Waals surface area contributed by atoms with Crippen LogP contribution in [0, 0.1) is 0 Å². The molecule has 1 aromatic heterocycles. The molecule has 1 aliphatic heterocycles. The molecule has 0 aromatic carbocycles. The van der Waals surface area contributed by atoms with Crippen molar-refractivity contribution in [2.24, 2.45) is 0 Å². The van der Waals surface area contributed by atoms with Crippen LogP contribution in [-0.4, -0.2) is 54.4 Å². The maximum absolute atomic E-state index is 12.6. The summed E-state index contributed by atoms with van der Waals surface area (Å²) in [5.74, 6) is -0.149. The second kappa shape index (κ2) is 6.53. The molecule has 0 saturated carbocycles. The van der Waals surface area contributed by atoms with Gasteiger partial charge in [0.15, 0.2) is 0 Å². The van der Waals surface area contributed by atoms with Crippen LogP contribution in [0.5, 0.6) is 0 Å². The van der Waals surface area contributed by atoms with Gasteiger partial charge in [-0.3, -0.25) is 9.78 Å². The number of sulfonamides is 1. The molecule has 1 aliphatic rings. The van der Waals surface area contributed by atoms with Crippen molar-refractivity contribution in [3.05, 3.63) is 30.1 Å². The Labute approximate surface area is 125 Å². The molecule has 0 radical (unpaired) electrons. The predicted molar refractivity (Wildman–Crippen MR) is 79.9 cm³/mol. The number of aromatic nitrogens is 1. The molecular weight excluding hydrogens is 290 g/mol. The third-order valence-electron chi connectivity index (χ3n) is 3.68. The number of piperidine rings is 1. The zero-order chi connectivity index (χ0) is 15.5. The molecule has 1 amide bonds. The van der Waals surface area contributed by atoms with Crippen LogP contribution < -0.4 is 0 Å². The SMILES string of the molecule is CN(Cc1cccnc1)C(=O)[C@H]1CCCCN1S(C)(=O)=O. The van der Waals surface area contributed by atoms with Gasteiger partial charge in [0.1, 0.15) is 6.04 Å². The summed E-state index contributed by atoms with van der Waals surface area (Å²) in [4.78, 5) is 18.2. The maximum Gasteiger partial charge on any atom is 0.241 e. The van der Waals surface area contributed by atoms with E-state index in [2.05, 4.69) is 4.98 Å². The van der Waals surface area contributed by atoms with Gasteiger partial charge in [-0.2, -0.15) is 4.31 Å². The Hall–Kier alpha value is -1.47. The van der Waals surface area contributed by atoms with Crippen LogP contribution in [0.25, 0.3) is 0 Å². The number of hydrogen-bond donors (Lipinski definition) is 0. The van der Waals surface area contributed by atoms with E-state index in [4.69, 9.17) is 0 Å². The van der Waals surface area contributed by atoms with Crippen molar-refractivity contribution in [1.82, 2.24) is 14.2 Å². The molecule has 1 fully saturated rings. The Morgan fingerprint density at radius 1 is 1.48 bits per heavy atom. The standard InChI is InChI=1S/C14H21N3O3S/c1-16(11-12-6-5-8-15-10-12)14(18)13-7-3-4-9-17(13)21(2,19)20/h5-6,8,10,13H,3-4,7,9,11H2,1-2H3/t13-/m1/s1. The van der Waals surface area contributed by atoms with Gasteiger partial charge in [0, 0.05) is 32.5 Å². The zero-order valence-corrected chi connectivity index (χ0v) is 13.2. The molecule has 7 heteroatoms. The largest absolute Gasteiger partial charge is 0.340 e. The van der Waals surface area contributed by atoms with Gasteiger partial charge in [-0.1, -0.05) is 12.5 Å². The number of carbonyl (C=O) groups excluding carboxylic acids is 1. The molecule has 2 heterocycles. The van der Waals surface area contributed by atoms with Crippen LogP contribution in [0.4, 0.5) is 0 Å². The van der Waals surface area contributed by atoms with Crippen LogP contribution in [0.3, 0.4) is 0 Å². The molecule has 0 N–H and O–H groups in total. The van der Waals surface area contributed by atoms with Crippen LogP contribution in [0.2, 0.25) is 0 Å². The Morgan fingerprint density at radius 2 is 2.24 bits per heavy atom. The molecule has 21 heavy (non-hydrogen) atoms. The summed E-state index contributed by atoms with van der Waals surface area (Å²) in [5.41, 5.74) is 0.926. The highest BCUT2D eigenvalue weighted by Gasteiger charge is 2.35. The highest BCUT2D eigenvalue weighted by molar-refractivity contribution is 7.88. The predicted octanol–water partition coefficient (Wildman–Crippen LogP) is 0.854. The number of carbonyl (C=O) groups is 1. The number of amides is 1. The van der Waals surface area contributed by atoms with E-state index >= 15 is 0 Å². The summed E-state index contributed by atoms with van der Waals surface area (Å²) < 4.78 is 25.0. The Morgan fingerprint density at radius 3 is 2.86 bits per heavy atom. The summed E-state index contributed by atoms with van der Waals surface area (Å²) in [6.45, 7) is 0.858. The van der Waals surface area contributed by atoms with Crippen molar-refractivity contribution in [1.29, 1.82) is 0 Å². The molecule has 2 rings (SSSR count). The Bertz CT molecular complexity index is 589. The molecule has 6 nitrogen and oxygen atoms in total. The van der Waals surface area contributed by atoms with Crippen molar-refractivity contribution < 1.29 is 13.2 Å². The van der Waals surface area contributed by atoms with E-state index in [0.717, 1.165) is 18.4 Å². The summed E-state index contributed by atoms with van der Waals surface area (Å²) in [7, 11) is -1.65. The number of likely N-dealkylation sites (N-methyl/N-ethyl adjacent to an activating group) is 1. The minimum atomic E-state index is -3.35. The second-order valence-corrected chi connectivity index (χ2v) is 7.38. The fourth-order valence-electron chi connectivity index (χ4n) is 2.65. The lowest BCUT2D eigenvalue weighted by Gasteiger charge is -2.35. The third-order valence-corrected chi connectivity index (χ3v) is 4.97. The third kappa shape index (κ3) is 4.01. The summed E-state index contributed by atoms with van der Waals surface area (Å²) in [6.07, 6.45) is 6.83. The first-order valence-electron chi connectivity index (χ1n) is 7.00. The van der Waals surface area contributed by atoms with E-state index in [1.54, 1.807) is 24.3 Å². The van der Waals surface area contributed by atoms with Crippen molar-refractivity contribution in [3.8, 4) is 0 Å². The van der Waals surface area contributed by atoms with E-state index in [1.165, 1.54) is 10.6 Å². The minimum absolute atomic E-state index is 0.149. The normalized spacial score (nSPS) is 20.2. The second-order valence-electron chi connectivity index (χ2n) is 5.44. The number of rotatable bonds is 4. The smallest absolute Gasteiger partial charge is 0.241 e. The van der Waals surface area contributed by atoms with Gasteiger partial charge in [-0.15, -0.1) is 0 Å². The van der Waals surface area contributed by atoms with Gasteiger partial charge in [-0.05, 0) is 24.5 Å².